The first-order valence-electron chi connectivity index (χ1n) is 3.84. The lowest BCUT2D eigenvalue weighted by atomic mass is 10.3. The molecule has 2 rings (SSSR count). The minimum atomic E-state index is -0.603. The highest BCUT2D eigenvalue weighted by atomic mass is 16.6. The van der Waals surface area contributed by atoms with Gasteiger partial charge in [0.15, 0.2) is 11.1 Å². The van der Waals surface area contributed by atoms with E-state index in [0.29, 0.717) is 0 Å². The van der Waals surface area contributed by atoms with Crippen molar-refractivity contribution in [3.8, 4) is 0 Å². The van der Waals surface area contributed by atoms with Crippen molar-refractivity contribution in [2.75, 3.05) is 0 Å². The van der Waals surface area contributed by atoms with E-state index >= 15 is 0 Å². The predicted octanol–water partition coefficient (Wildman–Crippen LogP) is 1.04. The lowest BCUT2D eigenvalue weighted by molar-refractivity contribution is -0.383. The molecule has 6 heteroatoms. The van der Waals surface area contributed by atoms with E-state index < -0.39 is 10.7 Å². The van der Waals surface area contributed by atoms with Crippen LogP contribution >= 0.6 is 0 Å². The molecule has 0 amide bonds. The molecule has 0 fully saturated rings. The van der Waals surface area contributed by atoms with E-state index in [4.69, 9.17) is 4.42 Å². The van der Waals surface area contributed by atoms with Gasteiger partial charge in [0, 0.05) is 13.1 Å². The first-order chi connectivity index (χ1) is 6.61. The Balaban J connectivity index is 2.98. The van der Waals surface area contributed by atoms with Crippen LogP contribution in [0.1, 0.15) is 0 Å². The molecule has 0 aliphatic carbocycles. The quantitative estimate of drug-likeness (QED) is 0.501. The Morgan fingerprint density at radius 1 is 1.50 bits per heavy atom. The third-order valence-corrected chi connectivity index (χ3v) is 1.98. The molecule has 0 saturated carbocycles. The Labute approximate surface area is 77.5 Å². The van der Waals surface area contributed by atoms with Crippen molar-refractivity contribution < 1.29 is 9.34 Å². The molecule has 72 valence electrons. The Hall–Kier alpha value is -2.11. The second kappa shape index (κ2) is 2.69. The molecule has 0 spiro atoms. The van der Waals surface area contributed by atoms with Gasteiger partial charge in [0.05, 0.1) is 4.92 Å². The van der Waals surface area contributed by atoms with Crippen LogP contribution in [0, 0.1) is 10.1 Å². The van der Waals surface area contributed by atoms with Crippen molar-refractivity contribution in [1.29, 1.82) is 0 Å². The van der Waals surface area contributed by atoms with Gasteiger partial charge in [0.1, 0.15) is 0 Å². The fourth-order valence-corrected chi connectivity index (χ4v) is 1.33. The summed E-state index contributed by atoms with van der Waals surface area (Å²) in [4.78, 5) is 21.2. The van der Waals surface area contributed by atoms with Crippen LogP contribution in [0.3, 0.4) is 0 Å². The van der Waals surface area contributed by atoms with E-state index in [1.807, 2.05) is 0 Å². The van der Waals surface area contributed by atoms with E-state index in [0.717, 1.165) is 4.57 Å². The van der Waals surface area contributed by atoms with Gasteiger partial charge in [-0.25, -0.2) is 4.79 Å². The Morgan fingerprint density at radius 3 is 2.86 bits per heavy atom. The third-order valence-electron chi connectivity index (χ3n) is 1.98. The number of hydrogen-bond donors (Lipinski definition) is 0. The number of rotatable bonds is 1. The summed E-state index contributed by atoms with van der Waals surface area (Å²) in [6, 6.07) is 4.32. The van der Waals surface area contributed by atoms with E-state index in [-0.39, 0.29) is 16.8 Å². The highest BCUT2D eigenvalue weighted by Gasteiger charge is 2.17. The van der Waals surface area contributed by atoms with Gasteiger partial charge in [-0.05, 0) is 6.07 Å². The molecule has 0 unspecified atom stereocenters. The maximum absolute atomic E-state index is 11.1. The number of benzene rings is 1. The van der Waals surface area contributed by atoms with Gasteiger partial charge < -0.3 is 4.42 Å². The average molecular weight is 194 g/mol. The molecule has 0 aliphatic heterocycles. The van der Waals surface area contributed by atoms with Crippen LogP contribution in [-0.2, 0) is 7.05 Å². The van der Waals surface area contributed by atoms with Crippen LogP contribution in [0.4, 0.5) is 5.69 Å². The molecule has 0 saturated heterocycles. The molecule has 0 bridgehead atoms. The highest BCUT2D eigenvalue weighted by molar-refractivity contribution is 5.82. The van der Waals surface area contributed by atoms with E-state index in [1.165, 1.54) is 25.2 Å². The topological polar surface area (TPSA) is 78.3 Å². The molecule has 2 aromatic rings. The summed E-state index contributed by atoms with van der Waals surface area (Å²) in [7, 11) is 1.43. The third kappa shape index (κ3) is 1.00. The van der Waals surface area contributed by atoms with E-state index in [9.17, 15) is 14.9 Å². The summed E-state index contributed by atoms with van der Waals surface area (Å²) in [5.74, 6) is -0.603. The van der Waals surface area contributed by atoms with E-state index in [1.54, 1.807) is 0 Å². The number of non-ortho nitro benzene ring substituents is 1. The number of para-hydroxylation sites is 1. The first kappa shape index (κ1) is 8.49. The Bertz CT molecular complexity index is 566. The number of aromatic nitrogens is 1. The van der Waals surface area contributed by atoms with Crippen molar-refractivity contribution in [2.45, 2.75) is 0 Å². The summed E-state index contributed by atoms with van der Waals surface area (Å²) in [6.07, 6.45) is 0. The minimum Gasteiger partial charge on any atom is -0.407 e. The highest BCUT2D eigenvalue weighted by Crippen LogP contribution is 2.23. The molecule has 1 aromatic carbocycles. The molecular weight excluding hydrogens is 188 g/mol. The van der Waals surface area contributed by atoms with Crippen LogP contribution in [-0.4, -0.2) is 9.49 Å². The minimum absolute atomic E-state index is 0.129. The first-order valence-corrected chi connectivity index (χ1v) is 3.84. The zero-order chi connectivity index (χ0) is 10.3. The molecule has 14 heavy (non-hydrogen) atoms. The number of hydrogen-bond acceptors (Lipinski definition) is 4. The predicted molar refractivity (Wildman–Crippen MR) is 48.1 cm³/mol. The molecular formula is C8H6N2O4. The summed E-state index contributed by atoms with van der Waals surface area (Å²) in [5.41, 5.74) is 0.310. The van der Waals surface area contributed by atoms with Crippen molar-refractivity contribution in [3.63, 3.8) is 0 Å². The lowest BCUT2D eigenvalue weighted by Gasteiger charge is -1.93. The molecule has 1 heterocycles. The van der Waals surface area contributed by atoms with Gasteiger partial charge in [-0.2, -0.15) is 0 Å². The maximum Gasteiger partial charge on any atom is 0.419 e. The van der Waals surface area contributed by atoms with Crippen LogP contribution in [0.25, 0.3) is 11.1 Å². The largest absolute Gasteiger partial charge is 0.419 e. The monoisotopic (exact) mass is 194 g/mol. The number of nitro groups is 1. The van der Waals surface area contributed by atoms with Crippen LogP contribution in [0.2, 0.25) is 0 Å². The number of nitro benzene ring substituents is 1. The summed E-state index contributed by atoms with van der Waals surface area (Å²) in [5, 5.41) is 10.6. The Kier molecular flexibility index (Phi) is 1.63. The number of nitrogens with zero attached hydrogens (tertiary/aromatic N) is 2. The SMILES string of the molecule is Cn1c(=O)oc2cccc([N+](=O)[O-])c21. The molecule has 6 nitrogen and oxygen atoms in total. The zero-order valence-corrected chi connectivity index (χ0v) is 7.26. The molecule has 0 radical (unpaired) electrons. The number of fused-ring (bicyclic) bond motifs is 1. The lowest BCUT2D eigenvalue weighted by Crippen LogP contribution is -2.09. The van der Waals surface area contributed by atoms with Gasteiger partial charge >= 0.3 is 5.76 Å². The molecule has 0 N–H and O–H groups in total. The molecule has 0 atom stereocenters. The summed E-state index contributed by atoms with van der Waals surface area (Å²) < 4.78 is 5.91. The zero-order valence-electron chi connectivity index (χ0n) is 7.26. The van der Waals surface area contributed by atoms with Gasteiger partial charge in [-0.3, -0.25) is 14.7 Å². The maximum atomic E-state index is 11.1. The number of aryl methyl sites for hydroxylation is 1. The Morgan fingerprint density at radius 2 is 2.21 bits per heavy atom. The average Bonchev–Trinajstić information content (AvgIpc) is 2.43. The number of oxazole rings is 1. The normalized spacial score (nSPS) is 10.6. The molecule has 1 aromatic heterocycles. The van der Waals surface area contributed by atoms with Crippen molar-refractivity contribution in [1.82, 2.24) is 4.57 Å². The fourth-order valence-electron chi connectivity index (χ4n) is 1.33. The standard InChI is InChI=1S/C8H6N2O4/c1-9-7-5(10(12)13)3-2-4-6(7)14-8(9)11/h2-4H,1H3. The van der Waals surface area contributed by atoms with Gasteiger partial charge in [0.25, 0.3) is 5.69 Å². The second-order valence-electron chi connectivity index (χ2n) is 2.81. The van der Waals surface area contributed by atoms with Crippen LogP contribution < -0.4 is 5.76 Å². The van der Waals surface area contributed by atoms with Gasteiger partial charge in [-0.1, -0.05) is 6.07 Å². The molecule has 0 aliphatic rings. The van der Waals surface area contributed by atoms with Gasteiger partial charge in [-0.15, -0.1) is 0 Å². The van der Waals surface area contributed by atoms with Crippen LogP contribution in [0.5, 0.6) is 0 Å². The van der Waals surface area contributed by atoms with Crippen molar-refractivity contribution in [3.05, 3.63) is 38.9 Å². The second-order valence-corrected chi connectivity index (χ2v) is 2.81. The van der Waals surface area contributed by atoms with Crippen LogP contribution in [0.15, 0.2) is 27.4 Å². The summed E-state index contributed by atoms with van der Waals surface area (Å²) >= 11 is 0. The fraction of sp³-hybridized carbons (Fsp3) is 0.125. The van der Waals surface area contributed by atoms with E-state index in [2.05, 4.69) is 0 Å². The van der Waals surface area contributed by atoms with Crippen molar-refractivity contribution in [2.24, 2.45) is 7.05 Å². The van der Waals surface area contributed by atoms with Crippen molar-refractivity contribution >= 4 is 16.8 Å². The van der Waals surface area contributed by atoms with Gasteiger partial charge in [0.2, 0.25) is 0 Å². The smallest absolute Gasteiger partial charge is 0.407 e. The summed E-state index contributed by atoms with van der Waals surface area (Å²) in [6.45, 7) is 0.